The molecule has 8 aliphatic heterocycles. The zero-order valence-corrected chi connectivity index (χ0v) is 82.1. The van der Waals surface area contributed by atoms with E-state index in [1.807, 2.05) is 72.8 Å². The van der Waals surface area contributed by atoms with E-state index < -0.39 is 110 Å². The molecule has 2 bridgehead atoms. The van der Waals surface area contributed by atoms with Crippen molar-refractivity contribution in [1.29, 1.82) is 0 Å². The van der Waals surface area contributed by atoms with E-state index in [9.17, 15) is 12.3 Å². The maximum absolute atomic E-state index is 9.18. The van der Waals surface area contributed by atoms with E-state index in [1.165, 1.54) is 0 Å². The molecule has 0 spiro atoms. The van der Waals surface area contributed by atoms with Crippen molar-refractivity contribution in [3.63, 3.8) is 0 Å². The highest BCUT2D eigenvalue weighted by atomic mass is 28.6. The van der Waals surface area contributed by atoms with E-state index in [1.54, 1.807) is 0 Å². The second-order valence-electron chi connectivity index (χ2n) is 37.8. The molecule has 0 N–H and O–H groups in total. The Hall–Kier alpha value is -4.36. The van der Waals surface area contributed by atoms with Gasteiger partial charge in [0.2, 0.25) is 0 Å². The van der Waals surface area contributed by atoms with Crippen LogP contribution in [-0.2, 0) is 77.2 Å². The zero-order valence-electron chi connectivity index (χ0n) is 70.1. The normalized spacial score (nSPS) is 35.7. The van der Waals surface area contributed by atoms with Crippen LogP contribution in [0.15, 0.2) is 243 Å². The Morgan fingerprint density at radius 1 is 0.277 bits per heavy atom. The van der Waals surface area contributed by atoms with Gasteiger partial charge in [-0.1, -0.05) is 268 Å². The first-order valence-electron chi connectivity index (χ1n) is 44.2. The van der Waals surface area contributed by atoms with Crippen LogP contribution >= 0.6 is 0 Å². The molecule has 8 saturated heterocycles. The van der Waals surface area contributed by atoms with Crippen molar-refractivity contribution in [2.24, 2.45) is 23.7 Å². The minimum atomic E-state index is -5.36. The molecule has 629 valence electrons. The van der Waals surface area contributed by atoms with Crippen LogP contribution < -0.4 is 41.5 Å². The molecule has 12 fully saturated rings. The van der Waals surface area contributed by atoms with E-state index >= 15 is 0 Å². The van der Waals surface area contributed by atoms with Gasteiger partial charge in [0.25, 0.3) is 0 Å². The van der Waals surface area contributed by atoms with E-state index in [-0.39, 0.29) is 0 Å². The number of benzene rings is 8. The number of fused-ring (bicyclic) bond motifs is 12. The van der Waals surface area contributed by atoms with Gasteiger partial charge in [0.1, 0.15) is 0 Å². The monoisotopic (exact) mass is 1810 g/mol. The first kappa shape index (κ1) is 84.2. The molecule has 0 amide bonds. The predicted octanol–water partition coefficient (Wildman–Crippen LogP) is 13.6. The fraction of sp³-hybridized carbons (Fsp3) is 0.461. The largest absolute Gasteiger partial charge is 0.524 e. The van der Waals surface area contributed by atoms with Gasteiger partial charge >= 0.3 is 70.7 Å². The smallest absolute Gasteiger partial charge is 0.413 e. The molecule has 18 nitrogen and oxygen atoms in total. The molecule has 18 unspecified atom stereocenters. The SMILES string of the molecule is C[Si](C)(CCC1CCC2OC2C1)O[Si]1(c2ccccc2)O[Si]2(c3ccccc3)OC3O[Si](O[Si](C)(C)CCC4CCC5OC5C4)(c4ccccc4)O[Si]3(c3ccccc3)O[Si](O[Si](C)(C)CCC3CCC4OC4C3)(c3ccccc3)O[Si](c3ccccc3)O[Si](c3ccccc3)(O1)O[Si](O[Si](C)(C)CCC1CCC3OC3C1)(c1ccccc1)O2. The third-order valence-electron chi connectivity index (χ3n) is 26.6. The van der Waals surface area contributed by atoms with E-state index in [0.29, 0.717) is 104 Å². The summed E-state index contributed by atoms with van der Waals surface area (Å²) in [7, 11) is -50.9. The van der Waals surface area contributed by atoms with Gasteiger partial charge < -0.3 is 77.2 Å². The number of ether oxygens (including phenoxy) is 4. The van der Waals surface area contributed by atoms with Gasteiger partial charge in [0.05, 0.1) is 48.8 Å². The fourth-order valence-corrected chi connectivity index (χ4v) is 76.1. The van der Waals surface area contributed by atoms with Gasteiger partial charge in [0, 0.05) is 31.1 Å². The summed E-state index contributed by atoms with van der Waals surface area (Å²) in [5.74, 6) is 0.241. The van der Waals surface area contributed by atoms with Crippen molar-refractivity contribution >= 4 is 145 Å². The summed E-state index contributed by atoms with van der Waals surface area (Å²) >= 11 is 0. The van der Waals surface area contributed by atoms with Gasteiger partial charge in [-0.15, -0.1) is 0 Å². The first-order valence-corrected chi connectivity index (χ1v) is 70.2. The standard InChI is InChI=1S/C89H117O18Si12/c1-109(2,61-57-69-49-53-81-85(65-69)90-81)98-114(75-37-21-11-22-38-75)94-89-95-115(76-39-23-12-24-40-76)104-118(79-45-29-15-30-46-79,100-111(5,6)63-59-71-51-55-83-87(67-71)92-83)106-117(78-43-27-14-28-44-78,107-119(105-115,80-47-31-16-32-48-80)101-112(7,8)64-60-72-52-56-84-88(68-72)93-84)97-108(73-33-17-9-18-34-73)96-116(77-41-25-13-26-42-77,103-113(89,102-114)74-35-19-10-20-36-74)99-110(3,4)62-58-70-50-54-82-86(66-70)91-82/h9-48,69-72,81-89H,49-68H2,1-8H3. The molecule has 1 radical (unpaired) electrons. The van der Waals surface area contributed by atoms with Crippen LogP contribution in [0.2, 0.25) is 76.6 Å². The summed E-state index contributed by atoms with van der Waals surface area (Å²) in [5, 5.41) is 5.44. The average Bonchev–Trinajstić information content (AvgIpc) is 1.35. The van der Waals surface area contributed by atoms with Crippen LogP contribution in [0.4, 0.5) is 0 Å². The van der Waals surface area contributed by atoms with Crippen LogP contribution in [0.5, 0.6) is 0 Å². The first-order chi connectivity index (χ1) is 57.5. The summed E-state index contributed by atoms with van der Waals surface area (Å²) in [6.45, 7) is 18.6. The molecule has 8 aromatic carbocycles. The minimum Gasteiger partial charge on any atom is -0.413 e. The van der Waals surface area contributed by atoms with Gasteiger partial charge in [-0.3, -0.25) is 0 Å². The molecule has 4 aliphatic carbocycles. The van der Waals surface area contributed by atoms with Crippen molar-refractivity contribution in [2.45, 2.75) is 234 Å². The van der Waals surface area contributed by atoms with Crippen LogP contribution in [0.1, 0.15) is 103 Å². The minimum absolute atomic E-state index is 0.301. The Labute approximate surface area is 717 Å². The number of epoxide rings is 4. The Morgan fingerprint density at radius 3 is 0.908 bits per heavy atom. The lowest BCUT2D eigenvalue weighted by molar-refractivity contribution is -0.00944. The molecule has 0 aromatic heterocycles. The summed E-state index contributed by atoms with van der Waals surface area (Å²) in [6.07, 6.45) is 19.2. The molecule has 20 rings (SSSR count). The third kappa shape index (κ3) is 18.6. The summed E-state index contributed by atoms with van der Waals surface area (Å²) in [5.41, 5.74) is 0. The molecule has 8 heterocycles. The van der Waals surface area contributed by atoms with Crippen molar-refractivity contribution in [3.05, 3.63) is 243 Å². The maximum atomic E-state index is 9.18. The van der Waals surface area contributed by atoms with Gasteiger partial charge in [-0.2, -0.15) is 0 Å². The second-order valence-corrected chi connectivity index (χ2v) is 77.8. The fourth-order valence-electron chi connectivity index (χ4n) is 19.7. The van der Waals surface area contributed by atoms with Crippen molar-refractivity contribution in [2.75, 3.05) is 0 Å². The lowest BCUT2D eigenvalue weighted by atomic mass is 9.88. The van der Waals surface area contributed by atoms with Gasteiger partial charge in [0.15, 0.2) is 39.2 Å². The van der Waals surface area contributed by atoms with Crippen molar-refractivity contribution < 1.29 is 77.2 Å². The Morgan fingerprint density at radius 2 is 0.555 bits per heavy atom. The van der Waals surface area contributed by atoms with Crippen LogP contribution in [0.3, 0.4) is 0 Å². The molecule has 18 atom stereocenters. The maximum Gasteiger partial charge on any atom is 0.524 e. The number of hydrogen-bond donors (Lipinski definition) is 0. The Balaban J connectivity index is 0.906. The lowest BCUT2D eigenvalue weighted by Gasteiger charge is -2.53. The van der Waals surface area contributed by atoms with E-state index in [2.05, 4.69) is 222 Å². The molecular formula is C89H117O18Si12. The van der Waals surface area contributed by atoms with E-state index in [0.717, 1.165) is 137 Å². The third-order valence-corrected chi connectivity index (χ3v) is 73.1. The molecule has 4 saturated carbocycles. The van der Waals surface area contributed by atoms with Crippen molar-refractivity contribution in [3.8, 4) is 0 Å². The number of rotatable bonds is 28. The van der Waals surface area contributed by atoms with Gasteiger partial charge in [-0.25, -0.2) is 0 Å². The van der Waals surface area contributed by atoms with Crippen LogP contribution in [0.25, 0.3) is 0 Å². The number of hydrogen-bond acceptors (Lipinski definition) is 18. The lowest BCUT2D eigenvalue weighted by Crippen LogP contribution is -2.85. The zero-order chi connectivity index (χ0) is 81.4. The molecular weight excluding hydrogens is 1690 g/mol. The summed E-state index contributed by atoms with van der Waals surface area (Å²) < 4.78 is 150. The second kappa shape index (κ2) is 34.1. The van der Waals surface area contributed by atoms with Crippen molar-refractivity contribution in [1.82, 2.24) is 0 Å². The molecule has 8 aromatic rings. The Kier molecular flexibility index (Phi) is 24.1. The Bertz CT molecular complexity index is 4640. The van der Waals surface area contributed by atoms with Gasteiger partial charge in [-0.05, 0) is 188 Å². The van der Waals surface area contributed by atoms with Crippen LogP contribution in [0, 0.1) is 23.7 Å². The van der Waals surface area contributed by atoms with E-state index in [4.69, 9.17) is 64.8 Å². The topological polar surface area (TPSA) is 179 Å². The summed E-state index contributed by atoms with van der Waals surface area (Å²) in [6, 6.07) is 86.0. The highest BCUT2D eigenvalue weighted by molar-refractivity contribution is 7.08. The quantitative estimate of drug-likeness (QED) is 0.0333. The highest BCUT2D eigenvalue weighted by Gasteiger charge is 2.79. The molecule has 12 aliphatic rings. The van der Waals surface area contributed by atoms with Crippen LogP contribution in [-0.4, -0.2) is 159 Å². The molecule has 30 heteroatoms. The average molecular weight is 1810 g/mol. The molecule has 119 heavy (non-hydrogen) atoms. The summed E-state index contributed by atoms with van der Waals surface area (Å²) in [4.78, 5) is 0. The highest BCUT2D eigenvalue weighted by Crippen LogP contribution is 2.50. The predicted molar refractivity (Wildman–Crippen MR) is 485 cm³/mol.